The normalized spacial score (nSPS) is 10.3. The molecule has 76 valence electrons. The van der Waals surface area contributed by atoms with E-state index in [2.05, 4.69) is 4.98 Å². The lowest BCUT2D eigenvalue weighted by molar-refractivity contribution is 0.628. The molecular formula is C12H11FN2. The molecule has 2 nitrogen and oxygen atoms in total. The van der Waals surface area contributed by atoms with E-state index in [-0.39, 0.29) is 5.82 Å². The Balaban J connectivity index is 2.59. The lowest BCUT2D eigenvalue weighted by atomic mass is 10.1. The summed E-state index contributed by atoms with van der Waals surface area (Å²) in [5.74, 6) is -0.282. The molecule has 0 radical (unpaired) electrons. The Labute approximate surface area is 87.6 Å². The van der Waals surface area contributed by atoms with Gasteiger partial charge in [-0.3, -0.25) is 4.98 Å². The third-order valence-electron chi connectivity index (χ3n) is 2.31. The van der Waals surface area contributed by atoms with Crippen molar-refractivity contribution in [2.75, 3.05) is 5.73 Å². The van der Waals surface area contributed by atoms with Gasteiger partial charge in [-0.1, -0.05) is 12.1 Å². The van der Waals surface area contributed by atoms with Crippen molar-refractivity contribution in [2.45, 2.75) is 6.92 Å². The molecule has 0 aliphatic rings. The number of nitrogens with zero attached hydrogens (tertiary/aromatic N) is 1. The molecule has 2 rings (SSSR count). The van der Waals surface area contributed by atoms with Gasteiger partial charge < -0.3 is 5.73 Å². The summed E-state index contributed by atoms with van der Waals surface area (Å²) in [6, 6.07) is 8.10. The summed E-state index contributed by atoms with van der Waals surface area (Å²) in [6.45, 7) is 1.90. The Morgan fingerprint density at radius 1 is 1.27 bits per heavy atom. The summed E-state index contributed by atoms with van der Waals surface area (Å²) in [4.78, 5) is 4.16. The molecule has 0 unspecified atom stereocenters. The minimum Gasteiger partial charge on any atom is -0.397 e. The van der Waals surface area contributed by atoms with E-state index in [0.29, 0.717) is 16.9 Å². The highest BCUT2D eigenvalue weighted by Crippen LogP contribution is 2.25. The van der Waals surface area contributed by atoms with Crippen molar-refractivity contribution < 1.29 is 4.39 Å². The Bertz CT molecular complexity index is 495. The number of benzene rings is 1. The molecule has 1 aromatic carbocycles. The maximum atomic E-state index is 13.0. The number of hydrogen-bond acceptors (Lipinski definition) is 2. The van der Waals surface area contributed by atoms with E-state index in [1.807, 2.05) is 13.0 Å². The van der Waals surface area contributed by atoms with Crippen LogP contribution in [0.25, 0.3) is 11.3 Å². The van der Waals surface area contributed by atoms with E-state index in [9.17, 15) is 4.39 Å². The number of nitrogen functional groups attached to an aromatic ring is 1. The van der Waals surface area contributed by atoms with Crippen LogP contribution in [0.15, 0.2) is 36.5 Å². The molecule has 0 saturated carbocycles. The van der Waals surface area contributed by atoms with Gasteiger partial charge in [-0.05, 0) is 30.7 Å². The van der Waals surface area contributed by atoms with E-state index >= 15 is 0 Å². The van der Waals surface area contributed by atoms with Crippen molar-refractivity contribution in [3.05, 3.63) is 47.9 Å². The number of halogens is 1. The summed E-state index contributed by atoms with van der Waals surface area (Å²) in [5.41, 5.74) is 8.77. The van der Waals surface area contributed by atoms with Gasteiger partial charge in [0, 0.05) is 11.8 Å². The number of hydrogen-bond donors (Lipinski definition) is 1. The van der Waals surface area contributed by atoms with Crippen molar-refractivity contribution in [2.24, 2.45) is 0 Å². The van der Waals surface area contributed by atoms with Crippen molar-refractivity contribution in [1.29, 1.82) is 0 Å². The fraction of sp³-hybridized carbons (Fsp3) is 0.0833. The average Bonchev–Trinajstić information content (AvgIpc) is 2.22. The molecule has 1 heterocycles. The van der Waals surface area contributed by atoms with Crippen LogP contribution in [0.1, 0.15) is 5.56 Å². The predicted octanol–water partition coefficient (Wildman–Crippen LogP) is 2.78. The SMILES string of the molecule is Cc1ccnc(-c2cccc(F)c2)c1N. The Kier molecular flexibility index (Phi) is 2.37. The molecule has 3 heteroatoms. The first-order valence-corrected chi connectivity index (χ1v) is 4.65. The van der Waals surface area contributed by atoms with Crippen LogP contribution in [-0.4, -0.2) is 4.98 Å². The molecule has 0 amide bonds. The van der Waals surface area contributed by atoms with Gasteiger partial charge >= 0.3 is 0 Å². The number of nitrogens with two attached hydrogens (primary N) is 1. The zero-order chi connectivity index (χ0) is 10.8. The Morgan fingerprint density at radius 2 is 2.07 bits per heavy atom. The number of anilines is 1. The van der Waals surface area contributed by atoms with Gasteiger partial charge in [-0.2, -0.15) is 0 Å². The lowest BCUT2D eigenvalue weighted by Crippen LogP contribution is -1.96. The molecule has 0 aliphatic carbocycles. The zero-order valence-electron chi connectivity index (χ0n) is 8.37. The quantitative estimate of drug-likeness (QED) is 0.772. The summed E-state index contributed by atoms with van der Waals surface area (Å²) >= 11 is 0. The van der Waals surface area contributed by atoms with Crippen molar-refractivity contribution in [3.63, 3.8) is 0 Å². The molecule has 15 heavy (non-hydrogen) atoms. The number of aryl methyl sites for hydroxylation is 1. The molecule has 0 atom stereocenters. The van der Waals surface area contributed by atoms with Gasteiger partial charge in [0.25, 0.3) is 0 Å². The van der Waals surface area contributed by atoms with Crippen LogP contribution < -0.4 is 5.73 Å². The average molecular weight is 202 g/mol. The largest absolute Gasteiger partial charge is 0.397 e. The molecule has 2 aromatic rings. The van der Waals surface area contributed by atoms with E-state index in [0.717, 1.165) is 5.56 Å². The summed E-state index contributed by atoms with van der Waals surface area (Å²) < 4.78 is 13.0. The van der Waals surface area contributed by atoms with Gasteiger partial charge in [-0.15, -0.1) is 0 Å². The van der Waals surface area contributed by atoms with Crippen LogP contribution >= 0.6 is 0 Å². The summed E-state index contributed by atoms with van der Waals surface area (Å²) in [5, 5.41) is 0. The van der Waals surface area contributed by atoms with Gasteiger partial charge in [-0.25, -0.2) is 4.39 Å². The monoisotopic (exact) mass is 202 g/mol. The highest BCUT2D eigenvalue weighted by molar-refractivity contribution is 5.74. The van der Waals surface area contributed by atoms with E-state index in [4.69, 9.17) is 5.73 Å². The third kappa shape index (κ3) is 1.81. The highest BCUT2D eigenvalue weighted by Gasteiger charge is 2.06. The van der Waals surface area contributed by atoms with Crippen molar-refractivity contribution in [1.82, 2.24) is 4.98 Å². The zero-order valence-corrected chi connectivity index (χ0v) is 8.37. The van der Waals surface area contributed by atoms with Crippen molar-refractivity contribution >= 4 is 5.69 Å². The Hall–Kier alpha value is -1.90. The van der Waals surface area contributed by atoms with Gasteiger partial charge in [0.2, 0.25) is 0 Å². The fourth-order valence-corrected chi connectivity index (χ4v) is 1.44. The van der Waals surface area contributed by atoms with Crippen LogP contribution in [0.5, 0.6) is 0 Å². The predicted molar refractivity (Wildman–Crippen MR) is 58.8 cm³/mol. The van der Waals surface area contributed by atoms with Crippen LogP contribution in [0, 0.1) is 12.7 Å². The third-order valence-corrected chi connectivity index (χ3v) is 2.31. The first-order chi connectivity index (χ1) is 7.18. The van der Waals surface area contributed by atoms with Crippen LogP contribution in [0.2, 0.25) is 0 Å². The van der Waals surface area contributed by atoms with E-state index in [1.54, 1.807) is 18.3 Å². The molecule has 1 aromatic heterocycles. The number of pyridine rings is 1. The molecule has 0 spiro atoms. The van der Waals surface area contributed by atoms with Gasteiger partial charge in [0.15, 0.2) is 0 Å². The topological polar surface area (TPSA) is 38.9 Å². The van der Waals surface area contributed by atoms with Crippen LogP contribution in [0.3, 0.4) is 0 Å². The smallest absolute Gasteiger partial charge is 0.123 e. The van der Waals surface area contributed by atoms with E-state index in [1.165, 1.54) is 12.1 Å². The second kappa shape index (κ2) is 3.69. The molecular weight excluding hydrogens is 191 g/mol. The van der Waals surface area contributed by atoms with Crippen LogP contribution in [-0.2, 0) is 0 Å². The minimum atomic E-state index is -0.282. The standard InChI is InChI=1S/C12H11FN2/c1-8-5-6-15-12(11(8)14)9-3-2-4-10(13)7-9/h2-7H,14H2,1H3. The Morgan fingerprint density at radius 3 is 2.80 bits per heavy atom. The molecule has 0 fully saturated rings. The first-order valence-electron chi connectivity index (χ1n) is 4.65. The highest BCUT2D eigenvalue weighted by atomic mass is 19.1. The number of rotatable bonds is 1. The molecule has 0 saturated heterocycles. The van der Waals surface area contributed by atoms with Gasteiger partial charge in [0.05, 0.1) is 11.4 Å². The minimum absolute atomic E-state index is 0.282. The van der Waals surface area contributed by atoms with Crippen LogP contribution in [0.4, 0.5) is 10.1 Å². The molecule has 2 N–H and O–H groups in total. The number of aromatic nitrogens is 1. The van der Waals surface area contributed by atoms with Crippen molar-refractivity contribution in [3.8, 4) is 11.3 Å². The second-order valence-corrected chi connectivity index (χ2v) is 3.40. The lowest BCUT2D eigenvalue weighted by Gasteiger charge is -2.06. The fourth-order valence-electron chi connectivity index (χ4n) is 1.44. The molecule has 0 aliphatic heterocycles. The van der Waals surface area contributed by atoms with E-state index < -0.39 is 0 Å². The maximum absolute atomic E-state index is 13.0. The molecule has 0 bridgehead atoms. The first kappa shape index (κ1) is 9.65. The summed E-state index contributed by atoms with van der Waals surface area (Å²) in [7, 11) is 0. The second-order valence-electron chi connectivity index (χ2n) is 3.40. The van der Waals surface area contributed by atoms with Gasteiger partial charge in [0.1, 0.15) is 5.82 Å². The summed E-state index contributed by atoms with van der Waals surface area (Å²) in [6.07, 6.45) is 1.67. The maximum Gasteiger partial charge on any atom is 0.123 e.